The van der Waals surface area contributed by atoms with E-state index in [9.17, 15) is 33.0 Å². The first-order valence-electron chi connectivity index (χ1n) is 14.0. The van der Waals surface area contributed by atoms with E-state index in [2.05, 4.69) is 6.58 Å². The number of rotatable bonds is 3. The summed E-state index contributed by atoms with van der Waals surface area (Å²) < 4.78 is 31.4. The van der Waals surface area contributed by atoms with Gasteiger partial charge in [0.25, 0.3) is 0 Å². The molecule has 9 atom stereocenters. The molecule has 2 bridgehead atoms. The Morgan fingerprint density at radius 1 is 1.11 bits per heavy atom. The molecule has 0 aromatic carbocycles. The van der Waals surface area contributed by atoms with Gasteiger partial charge in [-0.1, -0.05) is 26.0 Å². The molecule has 5 aliphatic carbocycles. The van der Waals surface area contributed by atoms with Gasteiger partial charge in [-0.3, -0.25) is 14.4 Å². The molecule has 3 aliphatic heterocycles. The highest BCUT2D eigenvalue weighted by Gasteiger charge is 2.96. The number of Topliss-reactive ketones (excluding diaryl/α,β-unsaturated/α-hetero) is 3. The van der Waals surface area contributed by atoms with E-state index >= 15 is 0 Å². The smallest absolute Gasteiger partial charge is 0.211 e. The van der Waals surface area contributed by atoms with Crippen LogP contribution in [0.1, 0.15) is 52.4 Å². The minimum absolute atomic E-state index is 0.00614. The van der Waals surface area contributed by atoms with Crippen molar-refractivity contribution in [1.29, 1.82) is 0 Å². The van der Waals surface area contributed by atoms with Crippen LogP contribution in [0, 0.1) is 51.2 Å². The second-order valence-electron chi connectivity index (χ2n) is 13.9. The van der Waals surface area contributed by atoms with Crippen molar-refractivity contribution in [2.24, 2.45) is 51.2 Å². The number of ether oxygens (including phenoxy) is 1. The number of hydrogen-bond donors (Lipinski definition) is 2. The molecule has 9 unspecified atom stereocenters. The van der Waals surface area contributed by atoms with E-state index in [0.29, 0.717) is 44.1 Å². The standard InChI is InChI=1S/C28H37NO8S/c1-14-16-5-6-17-25-13-37-28(34,22(32)20(25)24(2,3)10-7-18(25)30)27(17)19(16)26(14,23(27)33)21(31)15-8-11-29(12-9-15)38(4,35)36/h15-17,19-20,22,32,34H,1,5-13H2,2-4H3. The van der Waals surface area contributed by atoms with Gasteiger partial charge >= 0.3 is 0 Å². The molecule has 9 nitrogen and oxygen atoms in total. The van der Waals surface area contributed by atoms with Crippen LogP contribution in [0.2, 0.25) is 0 Å². The van der Waals surface area contributed by atoms with Crippen molar-refractivity contribution in [3.8, 4) is 0 Å². The van der Waals surface area contributed by atoms with Crippen LogP contribution in [-0.2, 0) is 29.1 Å². The van der Waals surface area contributed by atoms with Crippen LogP contribution in [0.15, 0.2) is 12.2 Å². The molecular weight excluding hydrogens is 510 g/mol. The number of hydrogen-bond acceptors (Lipinski definition) is 8. The number of aliphatic hydroxyl groups excluding tert-OH is 1. The molecule has 8 rings (SSSR count). The zero-order valence-corrected chi connectivity index (χ0v) is 23.1. The molecule has 3 heterocycles. The second-order valence-corrected chi connectivity index (χ2v) is 15.9. The number of sulfonamides is 1. The lowest BCUT2D eigenvalue weighted by Crippen LogP contribution is -2.95. The van der Waals surface area contributed by atoms with Gasteiger partial charge in [0.05, 0.1) is 23.7 Å². The number of allylic oxidation sites excluding steroid dienone is 1. The topological polar surface area (TPSA) is 138 Å². The van der Waals surface area contributed by atoms with E-state index in [1.165, 1.54) is 4.31 Å². The Balaban J connectivity index is 1.31. The number of aliphatic hydroxyl groups is 2. The molecule has 2 spiro atoms. The van der Waals surface area contributed by atoms with Crippen molar-refractivity contribution in [3.63, 3.8) is 0 Å². The molecule has 8 fully saturated rings. The summed E-state index contributed by atoms with van der Waals surface area (Å²) in [6.45, 7) is 8.66. The number of piperidine rings is 1. The summed E-state index contributed by atoms with van der Waals surface area (Å²) in [5.74, 6) is -5.10. The predicted octanol–water partition coefficient (Wildman–Crippen LogP) is 1.08. The Labute approximate surface area is 223 Å². The average molecular weight is 548 g/mol. The summed E-state index contributed by atoms with van der Waals surface area (Å²) in [5, 5.41) is 24.0. The molecule has 38 heavy (non-hydrogen) atoms. The van der Waals surface area contributed by atoms with Crippen LogP contribution in [-0.4, -0.2) is 78.1 Å². The molecule has 0 aromatic heterocycles. The summed E-state index contributed by atoms with van der Waals surface area (Å²) in [7, 11) is -3.37. The number of carbonyl (C=O) groups is 3. The van der Waals surface area contributed by atoms with Gasteiger partial charge in [0.15, 0.2) is 11.6 Å². The van der Waals surface area contributed by atoms with Crippen molar-refractivity contribution in [2.75, 3.05) is 26.0 Å². The summed E-state index contributed by atoms with van der Waals surface area (Å²) in [4.78, 5) is 42.6. The fourth-order valence-corrected chi connectivity index (χ4v) is 11.9. The van der Waals surface area contributed by atoms with Gasteiger partial charge in [-0.25, -0.2) is 12.7 Å². The third kappa shape index (κ3) is 2.32. The zero-order chi connectivity index (χ0) is 27.4. The van der Waals surface area contributed by atoms with Gasteiger partial charge in [0.2, 0.25) is 15.8 Å². The molecule has 2 N–H and O–H groups in total. The Hall–Kier alpha value is -1.46. The highest BCUT2D eigenvalue weighted by Crippen LogP contribution is 2.87. The van der Waals surface area contributed by atoms with Crippen LogP contribution in [0.4, 0.5) is 0 Å². The van der Waals surface area contributed by atoms with Crippen LogP contribution < -0.4 is 0 Å². The average Bonchev–Trinajstić information content (AvgIpc) is 2.86. The summed E-state index contributed by atoms with van der Waals surface area (Å²) in [6, 6.07) is 0. The van der Waals surface area contributed by atoms with Crippen molar-refractivity contribution < 1.29 is 37.8 Å². The number of ketones is 3. The molecule has 5 saturated carbocycles. The number of nitrogens with zero attached hydrogens (tertiary/aromatic N) is 1. The maximum absolute atomic E-state index is 14.7. The normalized spacial score (nSPS) is 51.4. The van der Waals surface area contributed by atoms with E-state index in [4.69, 9.17) is 4.74 Å². The van der Waals surface area contributed by atoms with Gasteiger partial charge in [0, 0.05) is 37.3 Å². The largest absolute Gasteiger partial charge is 0.387 e. The molecule has 0 amide bonds. The van der Waals surface area contributed by atoms with Crippen LogP contribution in [0.3, 0.4) is 0 Å². The van der Waals surface area contributed by atoms with E-state index in [1.807, 2.05) is 13.8 Å². The first kappa shape index (κ1) is 25.5. The lowest BCUT2D eigenvalue weighted by molar-refractivity contribution is -0.460. The number of carbonyl (C=O) groups excluding carboxylic acids is 3. The molecule has 208 valence electrons. The van der Waals surface area contributed by atoms with E-state index in [-0.39, 0.29) is 37.2 Å². The fourth-order valence-electron chi connectivity index (χ4n) is 11.0. The van der Waals surface area contributed by atoms with E-state index in [0.717, 1.165) is 6.26 Å². The first-order chi connectivity index (χ1) is 17.6. The molecule has 0 aromatic rings. The minimum Gasteiger partial charge on any atom is -0.387 e. The van der Waals surface area contributed by atoms with Crippen LogP contribution in [0.5, 0.6) is 0 Å². The maximum atomic E-state index is 14.7. The summed E-state index contributed by atoms with van der Waals surface area (Å²) in [5.41, 5.74) is -3.88. The van der Waals surface area contributed by atoms with E-state index in [1.54, 1.807) is 0 Å². The highest BCUT2D eigenvalue weighted by atomic mass is 32.2. The Morgan fingerprint density at radius 3 is 2.39 bits per heavy atom. The minimum atomic E-state index is -3.37. The van der Waals surface area contributed by atoms with Gasteiger partial charge in [-0.2, -0.15) is 0 Å². The summed E-state index contributed by atoms with van der Waals surface area (Å²) >= 11 is 0. The zero-order valence-electron chi connectivity index (χ0n) is 22.2. The quantitative estimate of drug-likeness (QED) is 0.396. The Morgan fingerprint density at radius 2 is 1.76 bits per heavy atom. The predicted molar refractivity (Wildman–Crippen MR) is 134 cm³/mol. The van der Waals surface area contributed by atoms with Crippen molar-refractivity contribution in [2.45, 2.75) is 64.3 Å². The van der Waals surface area contributed by atoms with Gasteiger partial charge in [0.1, 0.15) is 17.3 Å². The molecule has 10 heteroatoms. The second kappa shape index (κ2) is 7.05. The molecule has 0 radical (unpaired) electrons. The Bertz CT molecular complexity index is 1320. The number of fused-ring (bicyclic) bond motifs is 1. The van der Waals surface area contributed by atoms with Gasteiger partial charge < -0.3 is 14.9 Å². The van der Waals surface area contributed by atoms with E-state index < -0.39 is 73.0 Å². The molecule has 8 aliphatic rings. The van der Waals surface area contributed by atoms with Crippen molar-refractivity contribution in [1.82, 2.24) is 4.31 Å². The molecular formula is C28H37NO8S. The third-order valence-electron chi connectivity index (χ3n) is 12.4. The van der Waals surface area contributed by atoms with Crippen LogP contribution >= 0.6 is 0 Å². The van der Waals surface area contributed by atoms with Gasteiger partial charge in [-0.15, -0.1) is 0 Å². The molecule has 3 saturated heterocycles. The maximum Gasteiger partial charge on any atom is 0.211 e. The van der Waals surface area contributed by atoms with Crippen molar-refractivity contribution in [3.05, 3.63) is 12.2 Å². The lowest BCUT2D eigenvalue weighted by atomic mass is 9.18. The Kier molecular flexibility index (Phi) is 4.73. The van der Waals surface area contributed by atoms with Gasteiger partial charge in [-0.05, 0) is 49.4 Å². The highest BCUT2D eigenvalue weighted by molar-refractivity contribution is 7.88. The lowest BCUT2D eigenvalue weighted by Gasteiger charge is -2.84. The SMILES string of the molecule is C=C1C2CCC3C45COC(O)(C(O)C4C(C)(C)CCC5=O)C34C(=O)C1(C(=O)C1CCN(S(C)(=O)=O)CC1)C24. The fraction of sp³-hybridized carbons (Fsp3) is 0.821. The first-order valence-corrected chi connectivity index (χ1v) is 15.8. The van der Waals surface area contributed by atoms with Crippen LogP contribution in [0.25, 0.3) is 0 Å². The monoisotopic (exact) mass is 547 g/mol. The summed E-state index contributed by atoms with van der Waals surface area (Å²) in [6.07, 6.45) is 2.53. The van der Waals surface area contributed by atoms with Crippen molar-refractivity contribution >= 4 is 27.4 Å². The third-order valence-corrected chi connectivity index (χ3v) is 13.7.